The molecule has 1 atom stereocenters. The first-order valence-electron chi connectivity index (χ1n) is 13.5. The Balaban J connectivity index is 1.49. The van der Waals surface area contributed by atoms with Gasteiger partial charge in [0.15, 0.2) is 0 Å². The van der Waals surface area contributed by atoms with Crippen LogP contribution in [0.4, 0.5) is 11.4 Å². The summed E-state index contributed by atoms with van der Waals surface area (Å²) in [6.07, 6.45) is 5.34. The molecule has 3 aromatic carbocycles. The number of carbonyl (C=O) groups is 3. The van der Waals surface area contributed by atoms with Gasteiger partial charge in [-0.1, -0.05) is 48.9 Å². The Kier molecular flexibility index (Phi) is 11.0. The van der Waals surface area contributed by atoms with Crippen LogP contribution in [0.1, 0.15) is 34.8 Å². The predicted octanol–water partition coefficient (Wildman–Crippen LogP) is 6.97. The molecule has 220 valence electrons. The molecule has 1 unspecified atom stereocenters. The number of aromatic nitrogens is 1. The van der Waals surface area contributed by atoms with Gasteiger partial charge in [-0.15, -0.1) is 11.8 Å². The number of hydrogen-bond acceptors (Lipinski definition) is 6. The molecule has 0 spiro atoms. The van der Waals surface area contributed by atoms with Crippen LogP contribution >= 0.6 is 23.4 Å². The van der Waals surface area contributed by atoms with Gasteiger partial charge >= 0.3 is 0 Å². The fourth-order valence-electron chi connectivity index (χ4n) is 4.05. The van der Waals surface area contributed by atoms with Crippen molar-refractivity contribution in [3.8, 4) is 5.75 Å². The van der Waals surface area contributed by atoms with Gasteiger partial charge in [-0.2, -0.15) is 0 Å². The van der Waals surface area contributed by atoms with E-state index in [-0.39, 0.29) is 11.6 Å². The molecule has 0 saturated carbocycles. The number of ether oxygens (including phenoxy) is 1. The maximum absolute atomic E-state index is 13.4. The van der Waals surface area contributed by atoms with Crippen molar-refractivity contribution < 1.29 is 19.1 Å². The topological polar surface area (TPSA) is 109 Å². The summed E-state index contributed by atoms with van der Waals surface area (Å²) in [7, 11) is 1.52. The summed E-state index contributed by atoms with van der Waals surface area (Å²) in [5.41, 5.74) is 2.98. The number of anilines is 2. The SMILES string of the molecule is CCC(Sc1cccc(NC(=O)/C(=C/c2cccnc2)NC(=O)c2ccccc2)c1)C(=O)Nc1cc(C)c(Cl)cc1OC. The van der Waals surface area contributed by atoms with Crippen molar-refractivity contribution in [2.24, 2.45) is 0 Å². The van der Waals surface area contributed by atoms with Crippen molar-refractivity contribution >= 4 is 58.5 Å². The smallest absolute Gasteiger partial charge is 0.272 e. The van der Waals surface area contributed by atoms with Gasteiger partial charge in [0.1, 0.15) is 11.4 Å². The van der Waals surface area contributed by atoms with E-state index in [1.807, 2.05) is 26.0 Å². The molecule has 0 aliphatic rings. The lowest BCUT2D eigenvalue weighted by molar-refractivity contribution is -0.116. The van der Waals surface area contributed by atoms with E-state index in [0.717, 1.165) is 10.5 Å². The van der Waals surface area contributed by atoms with E-state index >= 15 is 0 Å². The van der Waals surface area contributed by atoms with Crippen LogP contribution in [0.2, 0.25) is 5.02 Å². The molecule has 10 heteroatoms. The molecule has 0 aliphatic heterocycles. The van der Waals surface area contributed by atoms with Gasteiger partial charge in [-0.25, -0.2) is 0 Å². The van der Waals surface area contributed by atoms with E-state index in [1.54, 1.807) is 85.2 Å². The number of rotatable bonds is 11. The number of nitrogens with one attached hydrogen (secondary N) is 3. The summed E-state index contributed by atoms with van der Waals surface area (Å²) in [5, 5.41) is 8.66. The first kappa shape index (κ1) is 31.3. The first-order valence-corrected chi connectivity index (χ1v) is 14.7. The highest BCUT2D eigenvalue weighted by atomic mass is 35.5. The number of carbonyl (C=O) groups excluding carboxylic acids is 3. The lowest BCUT2D eigenvalue weighted by atomic mass is 10.2. The number of nitrogens with zero attached hydrogens (tertiary/aromatic N) is 1. The molecule has 0 radical (unpaired) electrons. The molecule has 1 aromatic heterocycles. The molecule has 0 saturated heterocycles. The molecule has 0 bridgehead atoms. The normalized spacial score (nSPS) is 11.8. The number of halogens is 1. The third-order valence-electron chi connectivity index (χ3n) is 6.30. The molecule has 3 N–H and O–H groups in total. The number of amides is 3. The van der Waals surface area contributed by atoms with Gasteiger partial charge in [-0.05, 0) is 73.0 Å². The second-order valence-corrected chi connectivity index (χ2v) is 11.1. The Hall–Kier alpha value is -4.60. The summed E-state index contributed by atoms with van der Waals surface area (Å²) >= 11 is 7.58. The Morgan fingerprint density at radius 2 is 1.79 bits per heavy atom. The zero-order valence-electron chi connectivity index (χ0n) is 23.9. The van der Waals surface area contributed by atoms with E-state index in [4.69, 9.17) is 16.3 Å². The summed E-state index contributed by atoms with van der Waals surface area (Å²) in [5.74, 6) is -0.639. The minimum Gasteiger partial charge on any atom is -0.495 e. The standard InChI is InChI=1S/C33H31ClN4O4S/c1-4-30(33(41)37-27-16-21(2)26(34)19-29(27)42-3)43-25-14-8-13-24(18-25)36-32(40)28(17-22-10-9-15-35-20-22)38-31(39)23-11-6-5-7-12-23/h5-20,30H,4H2,1-3H3,(H,36,40)(H,37,41)(H,38,39)/b28-17-. The number of pyridine rings is 1. The van der Waals surface area contributed by atoms with Crippen LogP contribution < -0.4 is 20.7 Å². The Morgan fingerprint density at radius 1 is 1.00 bits per heavy atom. The van der Waals surface area contributed by atoms with Crippen LogP contribution in [-0.2, 0) is 9.59 Å². The fourth-order valence-corrected chi connectivity index (χ4v) is 5.21. The summed E-state index contributed by atoms with van der Waals surface area (Å²) in [6, 6.07) is 22.8. The summed E-state index contributed by atoms with van der Waals surface area (Å²) in [4.78, 5) is 44.4. The minimum atomic E-state index is -0.509. The molecule has 0 fully saturated rings. The predicted molar refractivity (Wildman–Crippen MR) is 173 cm³/mol. The first-order chi connectivity index (χ1) is 20.8. The molecule has 4 rings (SSSR count). The molecular weight excluding hydrogens is 584 g/mol. The highest BCUT2D eigenvalue weighted by Gasteiger charge is 2.21. The van der Waals surface area contributed by atoms with Crippen molar-refractivity contribution in [2.75, 3.05) is 17.7 Å². The van der Waals surface area contributed by atoms with E-state index in [2.05, 4.69) is 20.9 Å². The second kappa shape index (κ2) is 15.0. The quantitative estimate of drug-likeness (QED) is 0.124. The van der Waals surface area contributed by atoms with Crippen LogP contribution in [0.15, 0.2) is 102 Å². The maximum Gasteiger partial charge on any atom is 0.272 e. The van der Waals surface area contributed by atoms with Gasteiger partial charge in [0.2, 0.25) is 5.91 Å². The molecule has 4 aromatic rings. The molecule has 1 heterocycles. The van der Waals surface area contributed by atoms with Crippen LogP contribution in [-0.4, -0.2) is 35.1 Å². The third kappa shape index (κ3) is 8.70. The second-order valence-electron chi connectivity index (χ2n) is 9.45. The average Bonchev–Trinajstić information content (AvgIpc) is 3.02. The Bertz CT molecular complexity index is 1630. The lowest BCUT2D eigenvalue weighted by Gasteiger charge is -2.18. The highest BCUT2D eigenvalue weighted by molar-refractivity contribution is 8.00. The fraction of sp³-hybridized carbons (Fsp3) is 0.152. The van der Waals surface area contributed by atoms with Gasteiger partial charge < -0.3 is 20.7 Å². The molecule has 8 nitrogen and oxygen atoms in total. The van der Waals surface area contributed by atoms with Gasteiger partial charge in [-0.3, -0.25) is 19.4 Å². The molecular formula is C33H31ClN4O4S. The van der Waals surface area contributed by atoms with Crippen LogP contribution in [0.5, 0.6) is 5.75 Å². The van der Waals surface area contributed by atoms with Crippen LogP contribution in [0.25, 0.3) is 6.08 Å². The monoisotopic (exact) mass is 614 g/mol. The van der Waals surface area contributed by atoms with E-state index in [1.165, 1.54) is 18.9 Å². The van der Waals surface area contributed by atoms with Crippen LogP contribution in [0, 0.1) is 6.92 Å². The number of aryl methyl sites for hydroxylation is 1. The molecule has 3 amide bonds. The van der Waals surface area contributed by atoms with E-state index in [9.17, 15) is 14.4 Å². The zero-order valence-corrected chi connectivity index (χ0v) is 25.5. The van der Waals surface area contributed by atoms with Crippen molar-refractivity contribution in [1.82, 2.24) is 10.3 Å². The number of benzene rings is 3. The molecule has 0 aliphatic carbocycles. The van der Waals surface area contributed by atoms with E-state index < -0.39 is 17.1 Å². The number of methoxy groups -OCH3 is 1. The Morgan fingerprint density at radius 3 is 2.49 bits per heavy atom. The zero-order chi connectivity index (χ0) is 30.8. The average molecular weight is 615 g/mol. The van der Waals surface area contributed by atoms with Crippen molar-refractivity contribution in [3.63, 3.8) is 0 Å². The van der Waals surface area contributed by atoms with Gasteiger partial charge in [0.25, 0.3) is 11.8 Å². The highest BCUT2D eigenvalue weighted by Crippen LogP contribution is 2.33. The lowest BCUT2D eigenvalue weighted by Crippen LogP contribution is -2.30. The minimum absolute atomic E-state index is 0.0536. The van der Waals surface area contributed by atoms with E-state index in [0.29, 0.717) is 39.7 Å². The van der Waals surface area contributed by atoms with Gasteiger partial charge in [0.05, 0.1) is 18.0 Å². The largest absolute Gasteiger partial charge is 0.495 e. The number of thioether (sulfide) groups is 1. The Labute approximate surface area is 259 Å². The third-order valence-corrected chi connectivity index (χ3v) is 8.06. The van der Waals surface area contributed by atoms with Crippen molar-refractivity contribution in [2.45, 2.75) is 30.4 Å². The van der Waals surface area contributed by atoms with Gasteiger partial charge in [0, 0.05) is 39.6 Å². The van der Waals surface area contributed by atoms with Crippen LogP contribution in [0.3, 0.4) is 0 Å². The van der Waals surface area contributed by atoms with Crippen molar-refractivity contribution in [1.29, 1.82) is 0 Å². The summed E-state index contributed by atoms with van der Waals surface area (Å²) in [6.45, 7) is 3.78. The maximum atomic E-state index is 13.4. The van der Waals surface area contributed by atoms with Crippen molar-refractivity contribution in [3.05, 3.63) is 119 Å². The summed E-state index contributed by atoms with van der Waals surface area (Å²) < 4.78 is 5.39. The molecule has 43 heavy (non-hydrogen) atoms. The number of hydrogen-bond donors (Lipinski definition) is 3.